The Kier molecular flexibility index (Phi) is 3.03. The van der Waals surface area contributed by atoms with Crippen molar-refractivity contribution >= 4 is 9.84 Å². The number of sulfone groups is 1. The van der Waals surface area contributed by atoms with Gasteiger partial charge in [0.1, 0.15) is 0 Å². The monoisotopic (exact) mass is 245 g/mol. The zero-order valence-corrected chi connectivity index (χ0v) is 10.6. The summed E-state index contributed by atoms with van der Waals surface area (Å²) in [7, 11) is -3.45. The van der Waals surface area contributed by atoms with Crippen LogP contribution in [-0.2, 0) is 9.84 Å². The van der Waals surface area contributed by atoms with Crippen molar-refractivity contribution in [2.24, 2.45) is 0 Å². The van der Waals surface area contributed by atoms with Crippen molar-refractivity contribution in [3.05, 3.63) is 59.7 Å². The third-order valence-electron chi connectivity index (χ3n) is 2.59. The molecule has 0 N–H and O–H groups in total. The van der Waals surface area contributed by atoms with Crippen molar-refractivity contribution in [1.29, 1.82) is 0 Å². The number of rotatable bonds is 2. The molecule has 2 rings (SSSR count). The smallest absolute Gasteiger partial charge is 0.207 e. The van der Waals surface area contributed by atoms with Crippen LogP contribution in [0.2, 0.25) is 0 Å². The zero-order valence-electron chi connectivity index (χ0n) is 9.77. The van der Waals surface area contributed by atoms with Crippen LogP contribution in [0, 0.1) is 19.9 Å². The highest BCUT2D eigenvalue weighted by atomic mass is 32.2. The third kappa shape index (κ3) is 2.24. The average Bonchev–Trinajstić information content (AvgIpc) is 2.29. The van der Waals surface area contributed by atoms with Gasteiger partial charge in [-0.3, -0.25) is 0 Å². The lowest BCUT2D eigenvalue weighted by Crippen LogP contribution is -2.04. The van der Waals surface area contributed by atoms with Gasteiger partial charge in [-0.1, -0.05) is 30.3 Å². The summed E-state index contributed by atoms with van der Waals surface area (Å²) in [5.41, 5.74) is 1.57. The van der Waals surface area contributed by atoms with Crippen molar-refractivity contribution in [3.8, 4) is 0 Å². The molecule has 0 aliphatic heterocycles. The first-order valence-electron chi connectivity index (χ1n) is 5.31. The van der Waals surface area contributed by atoms with E-state index in [2.05, 4.69) is 6.07 Å². The molecule has 2 nitrogen and oxygen atoms in total. The fourth-order valence-corrected chi connectivity index (χ4v) is 3.23. The van der Waals surface area contributed by atoms with Gasteiger partial charge in [-0.2, -0.15) is 0 Å². The van der Waals surface area contributed by atoms with Gasteiger partial charge in [0.25, 0.3) is 0 Å². The van der Waals surface area contributed by atoms with Crippen LogP contribution in [0.1, 0.15) is 11.1 Å². The normalized spacial score (nSPS) is 11.4. The largest absolute Gasteiger partial charge is 0.218 e. The molecule has 0 spiro atoms. The summed E-state index contributed by atoms with van der Waals surface area (Å²) in [6.07, 6.45) is 0. The highest BCUT2D eigenvalue weighted by Gasteiger charge is 2.19. The maximum absolute atomic E-state index is 12.4. The molecule has 0 aromatic heterocycles. The van der Waals surface area contributed by atoms with Crippen molar-refractivity contribution in [3.63, 3.8) is 0 Å². The van der Waals surface area contributed by atoms with E-state index < -0.39 is 9.84 Å². The van der Waals surface area contributed by atoms with E-state index in [1.54, 1.807) is 37.3 Å². The Balaban J connectivity index is 2.63. The second-order valence-electron chi connectivity index (χ2n) is 3.97. The Hall–Kier alpha value is -1.61. The lowest BCUT2D eigenvalue weighted by Gasteiger charge is -2.07. The van der Waals surface area contributed by atoms with E-state index in [4.69, 9.17) is 0 Å². The highest BCUT2D eigenvalue weighted by Crippen LogP contribution is 2.23. The van der Waals surface area contributed by atoms with Crippen LogP contribution in [0.15, 0.2) is 52.3 Å². The van der Waals surface area contributed by atoms with E-state index in [0.717, 1.165) is 11.1 Å². The highest BCUT2D eigenvalue weighted by molar-refractivity contribution is 7.91. The molecule has 0 fully saturated rings. The Bertz CT molecular complexity index is 643. The summed E-state index contributed by atoms with van der Waals surface area (Å²) < 4.78 is 24.8. The van der Waals surface area contributed by atoms with Crippen molar-refractivity contribution in [2.45, 2.75) is 23.6 Å². The molecule has 0 amide bonds. The van der Waals surface area contributed by atoms with Gasteiger partial charge < -0.3 is 0 Å². The number of hydrogen-bond donors (Lipinski definition) is 0. The summed E-state index contributed by atoms with van der Waals surface area (Å²) in [6, 6.07) is 15.0. The summed E-state index contributed by atoms with van der Waals surface area (Å²) in [5, 5.41) is 0. The maximum atomic E-state index is 12.4. The fraction of sp³-hybridized carbons (Fsp3) is 0.143. The van der Waals surface area contributed by atoms with E-state index in [1.165, 1.54) is 0 Å². The van der Waals surface area contributed by atoms with Crippen LogP contribution in [0.25, 0.3) is 0 Å². The molecule has 2 aromatic carbocycles. The number of hydrogen-bond acceptors (Lipinski definition) is 2. The fourth-order valence-electron chi connectivity index (χ4n) is 1.69. The molecule has 0 unspecified atom stereocenters. The number of aryl methyl sites for hydroxylation is 2. The molecule has 3 heteroatoms. The SMILES string of the molecule is Cc1[c]c(S(=O)(=O)c2ccccc2C)ccc1. The van der Waals surface area contributed by atoms with Gasteiger partial charge in [0.2, 0.25) is 9.84 Å². The minimum atomic E-state index is -3.45. The summed E-state index contributed by atoms with van der Waals surface area (Å²) in [4.78, 5) is 0.577. The van der Waals surface area contributed by atoms with Crippen LogP contribution < -0.4 is 0 Å². The summed E-state index contributed by atoms with van der Waals surface area (Å²) in [6.45, 7) is 3.62. The van der Waals surface area contributed by atoms with E-state index in [-0.39, 0.29) is 4.90 Å². The van der Waals surface area contributed by atoms with Crippen molar-refractivity contribution in [1.82, 2.24) is 0 Å². The predicted molar refractivity (Wildman–Crippen MR) is 66.6 cm³/mol. The first-order chi connectivity index (χ1) is 8.01. The molecule has 0 aliphatic rings. The average molecular weight is 245 g/mol. The molecule has 87 valence electrons. The molecule has 0 bridgehead atoms. The quantitative estimate of drug-likeness (QED) is 0.815. The van der Waals surface area contributed by atoms with Crippen LogP contribution in [0.3, 0.4) is 0 Å². The molecule has 17 heavy (non-hydrogen) atoms. The van der Waals surface area contributed by atoms with Gasteiger partial charge in [-0.05, 0) is 37.1 Å². The van der Waals surface area contributed by atoms with Gasteiger partial charge in [-0.25, -0.2) is 8.42 Å². The predicted octanol–water partition coefficient (Wildman–Crippen LogP) is 2.94. The zero-order chi connectivity index (χ0) is 12.5. The second-order valence-corrected chi connectivity index (χ2v) is 5.85. The Labute approximate surface area is 102 Å². The Morgan fingerprint density at radius 3 is 2.29 bits per heavy atom. The van der Waals surface area contributed by atoms with Gasteiger partial charge in [0, 0.05) is 6.07 Å². The molecule has 0 aliphatic carbocycles. The molecule has 1 radical (unpaired) electrons. The standard InChI is InChI=1S/C14H13O2S/c1-11-6-5-8-13(10-11)17(15,16)14-9-4-3-7-12(14)2/h3-9H,1-2H3. The van der Waals surface area contributed by atoms with Crippen LogP contribution in [0.5, 0.6) is 0 Å². The first-order valence-corrected chi connectivity index (χ1v) is 6.80. The first kappa shape index (κ1) is 11.9. The lowest BCUT2D eigenvalue weighted by molar-refractivity contribution is 0.595. The maximum Gasteiger partial charge on any atom is 0.207 e. The lowest BCUT2D eigenvalue weighted by atomic mass is 10.2. The van der Waals surface area contributed by atoms with E-state index in [9.17, 15) is 8.42 Å². The van der Waals surface area contributed by atoms with Gasteiger partial charge in [0.05, 0.1) is 9.79 Å². The molecule has 0 saturated heterocycles. The van der Waals surface area contributed by atoms with Gasteiger partial charge >= 0.3 is 0 Å². The topological polar surface area (TPSA) is 34.1 Å². The van der Waals surface area contributed by atoms with E-state index in [1.807, 2.05) is 19.1 Å². The van der Waals surface area contributed by atoms with Crippen LogP contribution in [0.4, 0.5) is 0 Å². The second kappa shape index (κ2) is 4.34. The molecular formula is C14H13O2S. The van der Waals surface area contributed by atoms with Gasteiger partial charge in [0.15, 0.2) is 0 Å². The minimum absolute atomic E-state index is 0.229. The van der Waals surface area contributed by atoms with Crippen LogP contribution in [-0.4, -0.2) is 8.42 Å². The van der Waals surface area contributed by atoms with E-state index >= 15 is 0 Å². The van der Waals surface area contributed by atoms with Gasteiger partial charge in [-0.15, -0.1) is 0 Å². The Morgan fingerprint density at radius 2 is 1.65 bits per heavy atom. The molecule has 2 aromatic rings. The van der Waals surface area contributed by atoms with Crippen LogP contribution >= 0.6 is 0 Å². The number of benzene rings is 2. The molecule has 0 saturated carbocycles. The molecular weight excluding hydrogens is 232 g/mol. The summed E-state index contributed by atoms with van der Waals surface area (Å²) in [5.74, 6) is 0. The van der Waals surface area contributed by atoms with E-state index in [0.29, 0.717) is 4.90 Å². The summed E-state index contributed by atoms with van der Waals surface area (Å²) >= 11 is 0. The van der Waals surface area contributed by atoms with Crippen molar-refractivity contribution < 1.29 is 8.42 Å². The molecule has 0 atom stereocenters. The minimum Gasteiger partial charge on any atom is -0.218 e. The molecule has 0 heterocycles. The third-order valence-corrected chi connectivity index (χ3v) is 4.44. The Morgan fingerprint density at radius 1 is 0.941 bits per heavy atom. The van der Waals surface area contributed by atoms with Crippen molar-refractivity contribution in [2.75, 3.05) is 0 Å².